The Labute approximate surface area is 225 Å². The summed E-state index contributed by atoms with van der Waals surface area (Å²) in [5.41, 5.74) is 4.45. The molecule has 0 bridgehead atoms. The number of anilines is 2. The van der Waals surface area contributed by atoms with E-state index in [1.165, 1.54) is 12.1 Å². The minimum atomic E-state index is -4.48. The van der Waals surface area contributed by atoms with E-state index >= 15 is 0 Å². The van der Waals surface area contributed by atoms with Crippen LogP contribution < -0.4 is 15.1 Å². The molecule has 1 fully saturated rings. The van der Waals surface area contributed by atoms with Crippen molar-refractivity contribution in [2.75, 3.05) is 23.9 Å². The smallest absolute Gasteiger partial charge is 0.378 e. The lowest BCUT2D eigenvalue weighted by atomic mass is 9.96. The van der Waals surface area contributed by atoms with Crippen LogP contribution in [0.1, 0.15) is 40.3 Å². The number of nitrogens with one attached hydrogen (secondary N) is 1. The molecule has 2 aromatic heterocycles. The molecule has 4 aromatic rings. The van der Waals surface area contributed by atoms with Crippen molar-refractivity contribution in [1.29, 1.82) is 0 Å². The molecule has 1 saturated heterocycles. The van der Waals surface area contributed by atoms with Crippen molar-refractivity contribution in [1.82, 2.24) is 14.9 Å². The average molecular weight is 536 g/mol. The molecule has 0 amide bonds. The van der Waals surface area contributed by atoms with Crippen LogP contribution in [-0.4, -0.2) is 28.8 Å². The van der Waals surface area contributed by atoms with Crippen LogP contribution in [0.3, 0.4) is 0 Å². The summed E-state index contributed by atoms with van der Waals surface area (Å²) < 4.78 is 43.5. The second-order valence-corrected chi connectivity index (χ2v) is 9.97. The van der Waals surface area contributed by atoms with Gasteiger partial charge in [-0.05, 0) is 86.2 Å². The van der Waals surface area contributed by atoms with E-state index in [0.29, 0.717) is 16.5 Å². The molecule has 2 atom stereocenters. The number of alkyl halides is 3. The fraction of sp³-hybridized carbons (Fsp3) is 0.241. The number of halogens is 3. The first-order chi connectivity index (χ1) is 18.1. The summed E-state index contributed by atoms with van der Waals surface area (Å²) in [6.45, 7) is 3.69. The van der Waals surface area contributed by atoms with Crippen LogP contribution in [0, 0.1) is 13.8 Å². The van der Waals surface area contributed by atoms with Gasteiger partial charge in [-0.2, -0.15) is 13.2 Å². The Morgan fingerprint density at radius 3 is 2.26 bits per heavy atom. The standard InChI is InChI=1S/C29H28F3N5S/c1-18-17-22(19(2)36(18)25-11-6-5-9-23(25)29(30,31)32)27-26(24-10-7-8-16-33-24)34-28(38)37(27)21-14-12-20(13-15-21)35(3)4/h5-17,26-27H,1-4H3,(H,34,38)/t26-,27+/m0/s1. The van der Waals surface area contributed by atoms with Crippen LogP contribution in [0.4, 0.5) is 24.5 Å². The number of nitrogens with zero attached hydrogens (tertiary/aromatic N) is 4. The molecule has 5 rings (SSSR count). The lowest BCUT2D eigenvalue weighted by Gasteiger charge is -2.28. The van der Waals surface area contributed by atoms with E-state index in [9.17, 15) is 13.2 Å². The predicted octanol–water partition coefficient (Wildman–Crippen LogP) is 6.75. The molecule has 0 radical (unpaired) electrons. The van der Waals surface area contributed by atoms with Gasteiger partial charge in [0, 0.05) is 43.1 Å². The van der Waals surface area contributed by atoms with E-state index in [0.717, 1.165) is 28.7 Å². The monoisotopic (exact) mass is 535 g/mol. The fourth-order valence-corrected chi connectivity index (χ4v) is 5.57. The molecule has 1 N–H and O–H groups in total. The van der Waals surface area contributed by atoms with Gasteiger partial charge in [-0.1, -0.05) is 18.2 Å². The highest BCUT2D eigenvalue weighted by Gasteiger charge is 2.43. The minimum absolute atomic E-state index is 0.103. The molecule has 0 unspecified atom stereocenters. The van der Waals surface area contributed by atoms with Crippen molar-refractivity contribution >= 4 is 28.7 Å². The molecule has 3 heterocycles. The van der Waals surface area contributed by atoms with Crippen molar-refractivity contribution in [2.45, 2.75) is 32.1 Å². The Morgan fingerprint density at radius 2 is 1.63 bits per heavy atom. The van der Waals surface area contributed by atoms with Crippen LogP contribution in [0.25, 0.3) is 5.69 Å². The second-order valence-electron chi connectivity index (χ2n) is 9.58. The van der Waals surface area contributed by atoms with Gasteiger partial charge in [0.05, 0.1) is 29.0 Å². The molecule has 2 aromatic carbocycles. The van der Waals surface area contributed by atoms with Crippen LogP contribution in [0.5, 0.6) is 0 Å². The van der Waals surface area contributed by atoms with E-state index in [2.05, 4.69) is 10.3 Å². The molecule has 38 heavy (non-hydrogen) atoms. The molecule has 1 aliphatic heterocycles. The first kappa shape index (κ1) is 25.8. The van der Waals surface area contributed by atoms with Crippen LogP contribution in [-0.2, 0) is 6.18 Å². The van der Waals surface area contributed by atoms with Crippen LogP contribution in [0.2, 0.25) is 0 Å². The largest absolute Gasteiger partial charge is 0.418 e. The van der Waals surface area contributed by atoms with Gasteiger partial charge in [0.25, 0.3) is 0 Å². The van der Waals surface area contributed by atoms with Gasteiger partial charge < -0.3 is 19.7 Å². The van der Waals surface area contributed by atoms with Gasteiger partial charge in [0.15, 0.2) is 5.11 Å². The van der Waals surface area contributed by atoms with E-state index in [4.69, 9.17) is 12.2 Å². The maximum Gasteiger partial charge on any atom is 0.418 e. The lowest BCUT2D eigenvalue weighted by Crippen LogP contribution is -2.29. The van der Waals surface area contributed by atoms with Crippen molar-refractivity contribution in [3.8, 4) is 5.69 Å². The third-order valence-corrected chi connectivity index (χ3v) is 7.30. The second kappa shape index (κ2) is 9.79. The summed E-state index contributed by atoms with van der Waals surface area (Å²) in [6.07, 6.45) is -2.75. The van der Waals surface area contributed by atoms with E-state index in [-0.39, 0.29) is 17.8 Å². The van der Waals surface area contributed by atoms with Gasteiger partial charge in [0.2, 0.25) is 0 Å². The van der Waals surface area contributed by atoms with Gasteiger partial charge in [-0.15, -0.1) is 0 Å². The molecule has 0 saturated carbocycles. The highest BCUT2D eigenvalue weighted by Crippen LogP contribution is 2.44. The normalized spacial score (nSPS) is 17.6. The highest BCUT2D eigenvalue weighted by atomic mass is 32.1. The van der Waals surface area contributed by atoms with Gasteiger partial charge in [-0.25, -0.2) is 0 Å². The van der Waals surface area contributed by atoms with E-state index < -0.39 is 11.7 Å². The number of thiocarbonyl (C=S) groups is 1. The Balaban J connectivity index is 1.68. The first-order valence-corrected chi connectivity index (χ1v) is 12.6. The molecule has 5 nitrogen and oxygen atoms in total. The number of aromatic nitrogens is 2. The summed E-state index contributed by atoms with van der Waals surface area (Å²) in [5, 5.41) is 3.96. The van der Waals surface area contributed by atoms with Gasteiger partial charge >= 0.3 is 6.18 Å². The summed E-state index contributed by atoms with van der Waals surface area (Å²) in [4.78, 5) is 8.64. The molecule has 196 valence electrons. The highest BCUT2D eigenvalue weighted by molar-refractivity contribution is 7.80. The molecule has 0 spiro atoms. The quantitative estimate of drug-likeness (QED) is 0.286. The zero-order valence-electron chi connectivity index (χ0n) is 21.5. The SMILES string of the molecule is Cc1cc([C@@H]2[C@H](c3ccccn3)NC(=S)N2c2ccc(N(C)C)cc2)c(C)n1-c1ccccc1C(F)(F)F. The average Bonchev–Trinajstić information content (AvgIpc) is 3.39. The van der Waals surface area contributed by atoms with Crippen LogP contribution in [0.15, 0.2) is 79.0 Å². The van der Waals surface area contributed by atoms with Gasteiger partial charge in [0.1, 0.15) is 0 Å². The summed E-state index contributed by atoms with van der Waals surface area (Å²) in [6, 6.07) is 20.8. The van der Waals surface area contributed by atoms with E-state index in [1.54, 1.807) is 16.8 Å². The maximum absolute atomic E-state index is 14.0. The summed E-state index contributed by atoms with van der Waals surface area (Å²) in [5.74, 6) is 0. The summed E-state index contributed by atoms with van der Waals surface area (Å²) in [7, 11) is 3.95. The third kappa shape index (κ3) is 4.51. The number of hydrogen-bond acceptors (Lipinski definition) is 3. The molecular formula is C29H28F3N5S. The van der Waals surface area contributed by atoms with Crippen molar-refractivity contribution < 1.29 is 13.2 Å². The Kier molecular flexibility index (Phi) is 6.65. The van der Waals surface area contributed by atoms with Crippen LogP contribution >= 0.6 is 12.2 Å². The zero-order chi connectivity index (χ0) is 27.2. The van der Waals surface area contributed by atoms with Crippen molar-refractivity contribution in [3.63, 3.8) is 0 Å². The first-order valence-electron chi connectivity index (χ1n) is 12.2. The topological polar surface area (TPSA) is 36.3 Å². The van der Waals surface area contributed by atoms with E-state index in [1.807, 2.05) is 86.3 Å². The molecule has 1 aliphatic rings. The Hall–Kier alpha value is -3.85. The maximum atomic E-state index is 14.0. The number of aryl methyl sites for hydroxylation is 1. The summed E-state index contributed by atoms with van der Waals surface area (Å²) >= 11 is 5.83. The Morgan fingerprint density at radius 1 is 0.947 bits per heavy atom. The van der Waals surface area contributed by atoms with Crippen molar-refractivity contribution in [3.05, 3.63) is 107 Å². The fourth-order valence-electron chi connectivity index (χ4n) is 5.23. The minimum Gasteiger partial charge on any atom is -0.378 e. The Bertz CT molecular complexity index is 1460. The number of hydrogen-bond donors (Lipinski definition) is 1. The zero-order valence-corrected chi connectivity index (χ0v) is 22.3. The van der Waals surface area contributed by atoms with Crippen molar-refractivity contribution in [2.24, 2.45) is 0 Å². The number of benzene rings is 2. The lowest BCUT2D eigenvalue weighted by molar-refractivity contribution is -0.137. The van der Waals surface area contributed by atoms with Gasteiger partial charge in [-0.3, -0.25) is 4.98 Å². The number of rotatable bonds is 5. The number of pyridine rings is 1. The molecule has 9 heteroatoms. The number of para-hydroxylation sites is 1. The molecule has 0 aliphatic carbocycles. The third-order valence-electron chi connectivity index (χ3n) is 6.98. The predicted molar refractivity (Wildman–Crippen MR) is 149 cm³/mol. The molecular weight excluding hydrogens is 507 g/mol.